The monoisotopic (exact) mass is 245 g/mol. The second-order valence-corrected chi connectivity index (χ2v) is 4.41. The van der Waals surface area contributed by atoms with Gasteiger partial charge in [0.05, 0.1) is 0 Å². The molecule has 66 valence electrons. The summed E-state index contributed by atoms with van der Waals surface area (Å²) in [6, 6.07) is 2.19. The van der Waals surface area contributed by atoms with Crippen LogP contribution in [0.25, 0.3) is 0 Å². The molecule has 0 aliphatic rings. The molecule has 1 atom stereocenters. The molecule has 12 heavy (non-hydrogen) atoms. The van der Waals surface area contributed by atoms with Gasteiger partial charge in [0.1, 0.15) is 0 Å². The van der Waals surface area contributed by atoms with E-state index in [9.17, 15) is 0 Å². The maximum atomic E-state index is 5.96. The van der Waals surface area contributed by atoms with Gasteiger partial charge in [0.2, 0.25) is 0 Å². The van der Waals surface area contributed by atoms with Crippen molar-refractivity contribution in [1.82, 2.24) is 0 Å². The van der Waals surface area contributed by atoms with Gasteiger partial charge in [-0.25, -0.2) is 0 Å². The van der Waals surface area contributed by atoms with Gasteiger partial charge in [-0.15, -0.1) is 17.9 Å². The van der Waals surface area contributed by atoms with E-state index >= 15 is 0 Å². The Morgan fingerprint density at radius 3 is 3.00 bits per heavy atom. The maximum absolute atomic E-state index is 5.96. The number of nitrogens with two attached hydrogens (primary N) is 1. The average Bonchev–Trinajstić information content (AvgIpc) is 2.47. The highest BCUT2D eigenvalue weighted by molar-refractivity contribution is 9.10. The lowest BCUT2D eigenvalue weighted by atomic mass is 10.1. The number of allylic oxidation sites excluding steroid dienone is 1. The first kappa shape index (κ1) is 9.96. The lowest BCUT2D eigenvalue weighted by Crippen LogP contribution is -2.08. The molecular weight excluding hydrogens is 234 g/mol. The summed E-state index contributed by atoms with van der Waals surface area (Å²) in [6.45, 7) is 3.67. The van der Waals surface area contributed by atoms with Gasteiger partial charge >= 0.3 is 0 Å². The standard InChI is InChI=1S/C9H12BrNS/c1-2-3-4-8(11)9-7(10)5-6-12-9/h2,5-6,8H,1,3-4,11H2/t8-/m1/s1. The predicted molar refractivity (Wildman–Crippen MR) is 58.4 cm³/mol. The summed E-state index contributed by atoms with van der Waals surface area (Å²) in [5.74, 6) is 0. The minimum atomic E-state index is 0.150. The number of thiophene rings is 1. The number of rotatable bonds is 4. The van der Waals surface area contributed by atoms with Crippen LogP contribution in [0.5, 0.6) is 0 Å². The molecule has 1 aromatic heterocycles. The number of hydrogen-bond donors (Lipinski definition) is 1. The molecule has 1 aromatic rings. The summed E-state index contributed by atoms with van der Waals surface area (Å²) < 4.78 is 1.13. The molecule has 0 bridgehead atoms. The second kappa shape index (κ2) is 4.80. The molecule has 0 aromatic carbocycles. The van der Waals surface area contributed by atoms with Gasteiger partial charge in [-0.1, -0.05) is 6.08 Å². The normalized spacial score (nSPS) is 12.8. The van der Waals surface area contributed by atoms with E-state index in [0.717, 1.165) is 17.3 Å². The van der Waals surface area contributed by atoms with Crippen LogP contribution in [0.3, 0.4) is 0 Å². The van der Waals surface area contributed by atoms with Gasteiger partial charge < -0.3 is 5.73 Å². The first-order valence-electron chi connectivity index (χ1n) is 3.85. The largest absolute Gasteiger partial charge is 0.323 e. The molecule has 0 saturated carbocycles. The van der Waals surface area contributed by atoms with E-state index in [4.69, 9.17) is 5.73 Å². The van der Waals surface area contributed by atoms with E-state index in [1.807, 2.05) is 17.5 Å². The zero-order chi connectivity index (χ0) is 8.97. The lowest BCUT2D eigenvalue weighted by Gasteiger charge is -2.07. The Morgan fingerprint density at radius 1 is 1.75 bits per heavy atom. The molecule has 1 nitrogen and oxygen atoms in total. The van der Waals surface area contributed by atoms with Crippen molar-refractivity contribution in [2.45, 2.75) is 18.9 Å². The van der Waals surface area contributed by atoms with E-state index in [0.29, 0.717) is 0 Å². The highest BCUT2D eigenvalue weighted by Crippen LogP contribution is 2.29. The van der Waals surface area contributed by atoms with Crippen molar-refractivity contribution in [2.24, 2.45) is 5.73 Å². The van der Waals surface area contributed by atoms with Crippen molar-refractivity contribution in [1.29, 1.82) is 0 Å². The molecular formula is C9H12BrNS. The zero-order valence-corrected chi connectivity index (χ0v) is 9.20. The summed E-state index contributed by atoms with van der Waals surface area (Å²) in [5, 5.41) is 2.05. The van der Waals surface area contributed by atoms with Crippen molar-refractivity contribution < 1.29 is 0 Å². The Labute approximate surface area is 85.4 Å². The highest BCUT2D eigenvalue weighted by Gasteiger charge is 2.09. The minimum Gasteiger partial charge on any atom is -0.323 e. The van der Waals surface area contributed by atoms with Crippen LogP contribution < -0.4 is 5.73 Å². The van der Waals surface area contributed by atoms with E-state index in [2.05, 4.69) is 22.5 Å². The average molecular weight is 246 g/mol. The van der Waals surface area contributed by atoms with Crippen LogP contribution in [0.1, 0.15) is 23.8 Å². The van der Waals surface area contributed by atoms with Crippen LogP contribution in [0, 0.1) is 0 Å². The Kier molecular flexibility index (Phi) is 3.98. The van der Waals surface area contributed by atoms with Crippen molar-refractivity contribution in [3.63, 3.8) is 0 Å². The van der Waals surface area contributed by atoms with Gasteiger partial charge in [-0.2, -0.15) is 0 Å². The summed E-state index contributed by atoms with van der Waals surface area (Å²) >= 11 is 5.17. The molecule has 2 N–H and O–H groups in total. The minimum absolute atomic E-state index is 0.150. The van der Waals surface area contributed by atoms with Crippen molar-refractivity contribution in [2.75, 3.05) is 0 Å². The van der Waals surface area contributed by atoms with E-state index < -0.39 is 0 Å². The third-order valence-electron chi connectivity index (χ3n) is 1.66. The Bertz CT molecular complexity index is 257. The van der Waals surface area contributed by atoms with Crippen LogP contribution in [0.2, 0.25) is 0 Å². The third-order valence-corrected chi connectivity index (χ3v) is 3.67. The highest BCUT2D eigenvalue weighted by atomic mass is 79.9. The molecule has 3 heteroatoms. The summed E-state index contributed by atoms with van der Waals surface area (Å²) in [4.78, 5) is 1.23. The molecule has 1 heterocycles. The smallest absolute Gasteiger partial charge is 0.0404 e. The zero-order valence-electron chi connectivity index (χ0n) is 6.79. The topological polar surface area (TPSA) is 26.0 Å². The molecule has 0 aliphatic heterocycles. The fourth-order valence-electron chi connectivity index (χ4n) is 0.998. The molecule has 0 amide bonds. The van der Waals surface area contributed by atoms with Crippen molar-refractivity contribution >= 4 is 27.3 Å². The van der Waals surface area contributed by atoms with Gasteiger partial charge in [-0.3, -0.25) is 0 Å². The van der Waals surface area contributed by atoms with Crippen LogP contribution in [0.15, 0.2) is 28.6 Å². The third kappa shape index (κ3) is 2.44. The molecule has 0 aliphatic carbocycles. The molecule has 0 saturated heterocycles. The van der Waals surface area contributed by atoms with E-state index in [-0.39, 0.29) is 6.04 Å². The van der Waals surface area contributed by atoms with Gasteiger partial charge in [0, 0.05) is 15.4 Å². The predicted octanol–water partition coefficient (Wildman–Crippen LogP) is 3.48. The maximum Gasteiger partial charge on any atom is 0.0404 e. The molecule has 0 unspecified atom stereocenters. The van der Waals surface area contributed by atoms with E-state index in [1.165, 1.54) is 4.88 Å². The quantitative estimate of drug-likeness (QED) is 0.809. The summed E-state index contributed by atoms with van der Waals surface area (Å²) in [7, 11) is 0. The van der Waals surface area contributed by atoms with Crippen LogP contribution in [0.4, 0.5) is 0 Å². The van der Waals surface area contributed by atoms with Crippen LogP contribution >= 0.6 is 27.3 Å². The van der Waals surface area contributed by atoms with Gasteiger partial charge in [0.15, 0.2) is 0 Å². The number of halogens is 1. The molecule has 0 fully saturated rings. The van der Waals surface area contributed by atoms with Crippen molar-refractivity contribution in [3.05, 3.63) is 33.5 Å². The van der Waals surface area contributed by atoms with Gasteiger partial charge in [-0.05, 0) is 40.2 Å². The SMILES string of the molecule is C=CCC[C@@H](N)c1sccc1Br. The van der Waals surface area contributed by atoms with Crippen LogP contribution in [-0.4, -0.2) is 0 Å². The molecule has 0 radical (unpaired) electrons. The second-order valence-electron chi connectivity index (χ2n) is 2.61. The van der Waals surface area contributed by atoms with E-state index in [1.54, 1.807) is 11.3 Å². The fraction of sp³-hybridized carbons (Fsp3) is 0.333. The Morgan fingerprint density at radius 2 is 2.50 bits per heavy atom. The lowest BCUT2D eigenvalue weighted by molar-refractivity contribution is 0.670. The van der Waals surface area contributed by atoms with Gasteiger partial charge in [0.25, 0.3) is 0 Å². The molecule has 1 rings (SSSR count). The fourth-order valence-corrected chi connectivity index (χ4v) is 2.70. The van der Waals surface area contributed by atoms with Crippen LogP contribution in [-0.2, 0) is 0 Å². The molecule has 0 spiro atoms. The van der Waals surface area contributed by atoms with Crippen molar-refractivity contribution in [3.8, 4) is 0 Å². The summed E-state index contributed by atoms with van der Waals surface area (Å²) in [6.07, 6.45) is 3.86. The first-order valence-corrected chi connectivity index (χ1v) is 5.52. The Balaban J connectivity index is 2.58. The Hall–Kier alpha value is -0.120. The first-order chi connectivity index (χ1) is 5.75. The number of hydrogen-bond acceptors (Lipinski definition) is 2. The summed E-state index contributed by atoms with van der Waals surface area (Å²) in [5.41, 5.74) is 5.96.